The zero-order chi connectivity index (χ0) is 13.5. The zero-order valence-electron chi connectivity index (χ0n) is 10.3. The van der Waals surface area contributed by atoms with E-state index in [-0.39, 0.29) is 24.7 Å². The number of amides is 1. The molecular formula is C12H18FN3O2. The van der Waals surface area contributed by atoms with Crippen molar-refractivity contribution in [2.75, 3.05) is 37.3 Å². The van der Waals surface area contributed by atoms with E-state index < -0.39 is 5.82 Å². The van der Waals surface area contributed by atoms with Gasteiger partial charge in [0.1, 0.15) is 5.82 Å². The summed E-state index contributed by atoms with van der Waals surface area (Å²) in [5.41, 5.74) is 6.16. The van der Waals surface area contributed by atoms with Crippen molar-refractivity contribution in [2.24, 2.45) is 0 Å². The summed E-state index contributed by atoms with van der Waals surface area (Å²) in [5.74, 6) is -0.690. The van der Waals surface area contributed by atoms with Gasteiger partial charge in [0.25, 0.3) is 0 Å². The SMILES string of the molecule is CCN(CCO)CC(=O)Nc1ccc(F)cc1N. The van der Waals surface area contributed by atoms with Gasteiger partial charge in [-0.25, -0.2) is 4.39 Å². The molecule has 1 aromatic rings. The molecule has 5 nitrogen and oxygen atoms in total. The highest BCUT2D eigenvalue weighted by Crippen LogP contribution is 2.18. The quantitative estimate of drug-likeness (QED) is 0.652. The van der Waals surface area contributed by atoms with Crippen LogP contribution in [0, 0.1) is 5.82 Å². The van der Waals surface area contributed by atoms with E-state index in [1.807, 2.05) is 6.92 Å². The van der Waals surface area contributed by atoms with Crippen molar-refractivity contribution in [3.05, 3.63) is 24.0 Å². The first-order chi connectivity index (χ1) is 8.56. The summed E-state index contributed by atoms with van der Waals surface area (Å²) in [6, 6.07) is 3.81. The van der Waals surface area contributed by atoms with E-state index in [4.69, 9.17) is 10.8 Å². The molecule has 0 aromatic heterocycles. The number of halogens is 1. The van der Waals surface area contributed by atoms with Crippen LogP contribution in [0.5, 0.6) is 0 Å². The van der Waals surface area contributed by atoms with Gasteiger partial charge in [0, 0.05) is 6.54 Å². The lowest BCUT2D eigenvalue weighted by atomic mass is 10.2. The Labute approximate surface area is 105 Å². The molecule has 0 atom stereocenters. The van der Waals surface area contributed by atoms with E-state index in [0.29, 0.717) is 18.8 Å². The number of nitrogens with zero attached hydrogens (tertiary/aromatic N) is 1. The van der Waals surface area contributed by atoms with Gasteiger partial charge in [-0.15, -0.1) is 0 Å². The molecule has 18 heavy (non-hydrogen) atoms. The number of nitrogens with one attached hydrogen (secondary N) is 1. The summed E-state index contributed by atoms with van der Waals surface area (Å²) >= 11 is 0. The molecule has 0 saturated carbocycles. The Morgan fingerprint density at radius 3 is 2.83 bits per heavy atom. The van der Waals surface area contributed by atoms with E-state index in [9.17, 15) is 9.18 Å². The molecule has 0 aliphatic rings. The highest BCUT2D eigenvalue weighted by molar-refractivity contribution is 5.95. The summed E-state index contributed by atoms with van der Waals surface area (Å²) in [5, 5.41) is 11.4. The molecular weight excluding hydrogens is 237 g/mol. The van der Waals surface area contributed by atoms with E-state index in [1.54, 1.807) is 4.90 Å². The lowest BCUT2D eigenvalue weighted by Crippen LogP contribution is -2.35. The molecule has 0 radical (unpaired) electrons. The lowest BCUT2D eigenvalue weighted by Gasteiger charge is -2.18. The minimum absolute atomic E-state index is 0.000191. The van der Waals surface area contributed by atoms with Crippen molar-refractivity contribution in [1.29, 1.82) is 0 Å². The second-order valence-electron chi connectivity index (χ2n) is 3.87. The van der Waals surface area contributed by atoms with Crippen LogP contribution in [0.4, 0.5) is 15.8 Å². The first kappa shape index (κ1) is 14.4. The maximum absolute atomic E-state index is 12.8. The summed E-state index contributed by atoms with van der Waals surface area (Å²) < 4.78 is 12.8. The van der Waals surface area contributed by atoms with Crippen LogP contribution in [0.2, 0.25) is 0 Å². The molecule has 0 aliphatic carbocycles. The second-order valence-corrected chi connectivity index (χ2v) is 3.87. The van der Waals surface area contributed by atoms with Crippen LogP contribution in [-0.2, 0) is 4.79 Å². The summed E-state index contributed by atoms with van der Waals surface area (Å²) in [7, 11) is 0. The predicted octanol–water partition coefficient (Wildman–Crippen LogP) is 0.661. The molecule has 100 valence electrons. The number of rotatable bonds is 6. The third-order valence-corrected chi connectivity index (χ3v) is 2.52. The van der Waals surface area contributed by atoms with Crippen molar-refractivity contribution >= 4 is 17.3 Å². The third-order valence-electron chi connectivity index (χ3n) is 2.52. The minimum atomic E-state index is -0.444. The largest absolute Gasteiger partial charge is 0.397 e. The number of nitrogens with two attached hydrogens (primary N) is 1. The number of carbonyl (C=O) groups excluding carboxylic acids is 1. The maximum atomic E-state index is 12.8. The van der Waals surface area contributed by atoms with E-state index in [0.717, 1.165) is 6.07 Å². The minimum Gasteiger partial charge on any atom is -0.397 e. The normalized spacial score (nSPS) is 10.7. The van der Waals surface area contributed by atoms with Crippen LogP contribution in [0.3, 0.4) is 0 Å². The van der Waals surface area contributed by atoms with Crippen LogP contribution < -0.4 is 11.1 Å². The molecule has 1 aromatic carbocycles. The topological polar surface area (TPSA) is 78.6 Å². The van der Waals surface area contributed by atoms with E-state index >= 15 is 0 Å². The van der Waals surface area contributed by atoms with Crippen molar-refractivity contribution in [2.45, 2.75) is 6.92 Å². The van der Waals surface area contributed by atoms with Crippen LogP contribution in [0.1, 0.15) is 6.92 Å². The molecule has 1 amide bonds. The Morgan fingerprint density at radius 2 is 2.28 bits per heavy atom. The van der Waals surface area contributed by atoms with Gasteiger partial charge < -0.3 is 16.2 Å². The number of hydrogen-bond donors (Lipinski definition) is 3. The molecule has 0 unspecified atom stereocenters. The summed E-state index contributed by atoms with van der Waals surface area (Å²) in [4.78, 5) is 13.5. The fourth-order valence-electron chi connectivity index (χ4n) is 1.53. The van der Waals surface area contributed by atoms with E-state index in [1.165, 1.54) is 12.1 Å². The molecule has 0 aliphatic heterocycles. The molecule has 6 heteroatoms. The molecule has 1 rings (SSSR count). The highest BCUT2D eigenvalue weighted by atomic mass is 19.1. The Morgan fingerprint density at radius 1 is 1.56 bits per heavy atom. The van der Waals surface area contributed by atoms with Gasteiger partial charge in [0.2, 0.25) is 5.91 Å². The van der Waals surface area contributed by atoms with Gasteiger partial charge in [0.15, 0.2) is 0 Å². The van der Waals surface area contributed by atoms with Crippen LogP contribution in [-0.4, -0.2) is 42.2 Å². The highest BCUT2D eigenvalue weighted by Gasteiger charge is 2.10. The number of aliphatic hydroxyl groups excluding tert-OH is 1. The van der Waals surface area contributed by atoms with Gasteiger partial charge in [-0.1, -0.05) is 6.92 Å². The van der Waals surface area contributed by atoms with Crippen molar-refractivity contribution < 1.29 is 14.3 Å². The molecule has 0 saturated heterocycles. The number of benzene rings is 1. The second kappa shape index (κ2) is 6.93. The van der Waals surface area contributed by atoms with Gasteiger partial charge >= 0.3 is 0 Å². The Bertz CT molecular complexity index is 412. The Kier molecular flexibility index (Phi) is 5.54. The van der Waals surface area contributed by atoms with Crippen LogP contribution in [0.25, 0.3) is 0 Å². The third kappa shape index (κ3) is 4.31. The Hall–Kier alpha value is -1.66. The van der Waals surface area contributed by atoms with Crippen LogP contribution in [0.15, 0.2) is 18.2 Å². The van der Waals surface area contributed by atoms with Crippen LogP contribution >= 0.6 is 0 Å². The Balaban J connectivity index is 2.58. The molecule has 0 heterocycles. The zero-order valence-corrected chi connectivity index (χ0v) is 10.3. The van der Waals surface area contributed by atoms with Gasteiger partial charge in [-0.05, 0) is 24.7 Å². The number of hydrogen-bond acceptors (Lipinski definition) is 4. The fourth-order valence-corrected chi connectivity index (χ4v) is 1.53. The number of likely N-dealkylation sites (N-methyl/N-ethyl adjacent to an activating group) is 1. The number of nitrogen functional groups attached to an aromatic ring is 1. The van der Waals surface area contributed by atoms with Gasteiger partial charge in [-0.3, -0.25) is 9.69 Å². The molecule has 0 bridgehead atoms. The standard InChI is InChI=1S/C12H18FN3O2/c1-2-16(5-6-17)8-12(18)15-11-4-3-9(13)7-10(11)14/h3-4,7,17H,2,5-6,8,14H2,1H3,(H,15,18). The van der Waals surface area contributed by atoms with Crippen molar-refractivity contribution in [3.63, 3.8) is 0 Å². The average Bonchev–Trinajstić information content (AvgIpc) is 2.32. The lowest BCUT2D eigenvalue weighted by molar-refractivity contribution is -0.117. The smallest absolute Gasteiger partial charge is 0.238 e. The van der Waals surface area contributed by atoms with Gasteiger partial charge in [-0.2, -0.15) is 0 Å². The number of aliphatic hydroxyl groups is 1. The van der Waals surface area contributed by atoms with Crippen molar-refractivity contribution in [3.8, 4) is 0 Å². The molecule has 0 fully saturated rings. The maximum Gasteiger partial charge on any atom is 0.238 e. The average molecular weight is 255 g/mol. The fraction of sp³-hybridized carbons (Fsp3) is 0.417. The number of carbonyl (C=O) groups is 1. The van der Waals surface area contributed by atoms with Gasteiger partial charge in [0.05, 0.1) is 24.5 Å². The first-order valence-electron chi connectivity index (χ1n) is 5.75. The molecule has 4 N–H and O–H groups in total. The van der Waals surface area contributed by atoms with Crippen molar-refractivity contribution in [1.82, 2.24) is 4.90 Å². The first-order valence-corrected chi connectivity index (χ1v) is 5.75. The summed E-state index contributed by atoms with van der Waals surface area (Å²) in [6.45, 7) is 3.15. The monoisotopic (exact) mass is 255 g/mol. The predicted molar refractivity (Wildman–Crippen MR) is 68.6 cm³/mol. The number of anilines is 2. The molecule has 0 spiro atoms. The summed E-state index contributed by atoms with van der Waals surface area (Å²) in [6.07, 6.45) is 0. The van der Waals surface area contributed by atoms with E-state index in [2.05, 4.69) is 5.32 Å².